The van der Waals surface area contributed by atoms with E-state index in [0.29, 0.717) is 0 Å². The Labute approximate surface area is 368 Å². The zero-order valence-corrected chi connectivity index (χ0v) is 34.8. The summed E-state index contributed by atoms with van der Waals surface area (Å²) in [7, 11) is 0. The smallest absolute Gasteiger partial charge is 0.0000476 e. The molecule has 0 fully saturated rings. The van der Waals surface area contributed by atoms with Gasteiger partial charge in [0.25, 0.3) is 0 Å². The molecule has 0 bridgehead atoms. The Bertz CT molecular complexity index is 4160. The molecule has 0 unspecified atom stereocenters. The van der Waals surface area contributed by atoms with Crippen LogP contribution in [0, 0.1) is 0 Å². The number of fused-ring (bicyclic) bond motifs is 10. The van der Waals surface area contributed by atoms with Crippen molar-refractivity contribution in [2.75, 3.05) is 0 Å². The van der Waals surface area contributed by atoms with Crippen LogP contribution in [0.2, 0.25) is 0 Å². The van der Waals surface area contributed by atoms with E-state index in [2.05, 4.69) is 218 Å². The van der Waals surface area contributed by atoms with Gasteiger partial charge >= 0.3 is 0 Å². The van der Waals surface area contributed by atoms with E-state index in [0.717, 1.165) is 0 Å². The van der Waals surface area contributed by atoms with Gasteiger partial charge < -0.3 is 0 Å². The van der Waals surface area contributed by atoms with E-state index in [4.69, 9.17) is 0 Å². The monoisotopic (exact) mass is 804 g/mol. The van der Waals surface area contributed by atoms with Crippen molar-refractivity contribution in [2.45, 2.75) is 0 Å². The van der Waals surface area contributed by atoms with E-state index in [-0.39, 0.29) is 0 Å². The molecule has 0 aliphatic heterocycles. The van der Waals surface area contributed by atoms with E-state index in [1.165, 1.54) is 152 Å². The average molecular weight is 805 g/mol. The minimum absolute atomic E-state index is 1.22. The summed E-state index contributed by atoms with van der Waals surface area (Å²) >= 11 is 0. The lowest BCUT2D eigenvalue weighted by Crippen LogP contribution is -1.96. The Kier molecular flexibility index (Phi) is 6.77. The Morgan fingerprint density at radius 3 is 1.05 bits per heavy atom. The van der Waals surface area contributed by atoms with Gasteiger partial charge in [-0.15, -0.1) is 0 Å². The fourth-order valence-electron chi connectivity index (χ4n) is 12.3. The Hall–Kier alpha value is -8.32. The van der Waals surface area contributed by atoms with Gasteiger partial charge in [-0.3, -0.25) is 0 Å². The van der Waals surface area contributed by atoms with Crippen molar-refractivity contribution in [3.63, 3.8) is 0 Å². The fourth-order valence-corrected chi connectivity index (χ4v) is 12.3. The van der Waals surface area contributed by atoms with E-state index in [9.17, 15) is 0 Å². The predicted octanol–water partition coefficient (Wildman–Crippen LogP) is 18.2. The van der Waals surface area contributed by atoms with Crippen molar-refractivity contribution in [2.24, 2.45) is 0 Å². The van der Waals surface area contributed by atoms with Gasteiger partial charge in [0.1, 0.15) is 0 Å². The number of hydrogen-bond acceptors (Lipinski definition) is 0. The van der Waals surface area contributed by atoms with Crippen LogP contribution in [0.15, 0.2) is 218 Å². The van der Waals surface area contributed by atoms with Gasteiger partial charge in [-0.05, 0) is 152 Å². The summed E-state index contributed by atoms with van der Waals surface area (Å²) in [6, 6.07) is 82.1. The summed E-state index contributed by atoms with van der Waals surface area (Å²) in [4.78, 5) is 0. The van der Waals surface area contributed by atoms with Crippen LogP contribution >= 0.6 is 0 Å². The van der Waals surface area contributed by atoms with Crippen molar-refractivity contribution in [3.05, 3.63) is 218 Å². The first-order valence-electron chi connectivity index (χ1n) is 22.4. The Morgan fingerprint density at radius 1 is 0.156 bits per heavy atom. The molecule has 15 rings (SSSR count). The number of benzene rings is 13. The first kappa shape index (κ1) is 34.3. The van der Waals surface area contributed by atoms with E-state index >= 15 is 0 Å². The SMILES string of the molecule is c1ccc(-c2ccccc2-c2ccc3c4c2cccc4c2c4c5cccc6cccc(c4c(-c4ccccc4)c4c(-c7ccccc7)c7c8cccc9cccc(c98)c7c3c42)c65)cc1. The highest BCUT2D eigenvalue weighted by Crippen LogP contribution is 2.59. The molecule has 0 aliphatic rings. The fraction of sp³-hybridized carbons (Fsp3) is 0. The molecular weight excluding hydrogens is 769 g/mol. The summed E-state index contributed by atoms with van der Waals surface area (Å²) in [5.74, 6) is 0. The molecule has 0 amide bonds. The van der Waals surface area contributed by atoms with Gasteiger partial charge in [-0.2, -0.15) is 0 Å². The molecule has 15 aromatic rings. The molecule has 0 heterocycles. The van der Waals surface area contributed by atoms with Crippen LogP contribution in [0.1, 0.15) is 0 Å². The van der Waals surface area contributed by atoms with Gasteiger partial charge in [0, 0.05) is 0 Å². The molecule has 0 saturated heterocycles. The van der Waals surface area contributed by atoms with Crippen molar-refractivity contribution in [1.29, 1.82) is 0 Å². The van der Waals surface area contributed by atoms with Crippen LogP contribution in [-0.4, -0.2) is 0 Å². The number of rotatable bonds is 4. The van der Waals surface area contributed by atoms with E-state index in [1.807, 2.05) is 0 Å². The second-order valence-electron chi connectivity index (χ2n) is 17.7. The van der Waals surface area contributed by atoms with Crippen molar-refractivity contribution >= 4 is 108 Å². The third-order valence-corrected chi connectivity index (χ3v) is 14.6. The van der Waals surface area contributed by atoms with Gasteiger partial charge in [0.2, 0.25) is 0 Å². The van der Waals surface area contributed by atoms with Gasteiger partial charge in [0.15, 0.2) is 0 Å². The molecule has 0 N–H and O–H groups in total. The summed E-state index contributed by atoms with van der Waals surface area (Å²) in [6.07, 6.45) is 0. The third kappa shape index (κ3) is 4.32. The Morgan fingerprint density at radius 2 is 0.531 bits per heavy atom. The summed E-state index contributed by atoms with van der Waals surface area (Å²) in [6.45, 7) is 0. The van der Waals surface area contributed by atoms with Crippen LogP contribution in [0.25, 0.3) is 152 Å². The molecule has 0 aromatic heterocycles. The van der Waals surface area contributed by atoms with Gasteiger partial charge in [0.05, 0.1) is 0 Å². The van der Waals surface area contributed by atoms with Gasteiger partial charge in [-0.25, -0.2) is 0 Å². The molecule has 292 valence electrons. The molecule has 0 saturated carbocycles. The molecule has 0 spiro atoms. The maximum absolute atomic E-state index is 2.47. The highest BCUT2D eigenvalue weighted by Gasteiger charge is 2.31. The van der Waals surface area contributed by atoms with Crippen molar-refractivity contribution in [3.8, 4) is 44.5 Å². The molecule has 0 atom stereocenters. The zero-order chi connectivity index (χ0) is 41.6. The second kappa shape index (κ2) is 12.6. The lowest BCUT2D eigenvalue weighted by Gasteiger charge is -2.24. The largest absolute Gasteiger partial charge is 0.0622 e. The second-order valence-corrected chi connectivity index (χ2v) is 17.7. The third-order valence-electron chi connectivity index (χ3n) is 14.6. The van der Waals surface area contributed by atoms with Crippen LogP contribution in [0.3, 0.4) is 0 Å². The summed E-state index contributed by atoms with van der Waals surface area (Å²) in [5, 5.41) is 26.5. The first-order valence-corrected chi connectivity index (χ1v) is 22.4. The lowest BCUT2D eigenvalue weighted by molar-refractivity contribution is 1.60. The van der Waals surface area contributed by atoms with Crippen molar-refractivity contribution in [1.82, 2.24) is 0 Å². The molecule has 0 aliphatic carbocycles. The summed E-state index contributed by atoms with van der Waals surface area (Å²) in [5.41, 5.74) is 10.1. The molecule has 0 nitrogen and oxygen atoms in total. The van der Waals surface area contributed by atoms with Crippen LogP contribution in [0.4, 0.5) is 0 Å². The highest BCUT2D eigenvalue weighted by atomic mass is 14.3. The molecule has 0 radical (unpaired) electrons. The van der Waals surface area contributed by atoms with Crippen LogP contribution in [0.5, 0.6) is 0 Å². The average Bonchev–Trinajstić information content (AvgIpc) is 3.88. The van der Waals surface area contributed by atoms with E-state index in [1.54, 1.807) is 0 Å². The Balaban J connectivity index is 1.31. The number of hydrogen-bond donors (Lipinski definition) is 0. The maximum atomic E-state index is 2.47. The molecule has 15 aromatic carbocycles. The lowest BCUT2D eigenvalue weighted by atomic mass is 9.78. The molecular formula is C64H36. The highest BCUT2D eigenvalue weighted by molar-refractivity contribution is 6.55. The van der Waals surface area contributed by atoms with Crippen molar-refractivity contribution < 1.29 is 0 Å². The topological polar surface area (TPSA) is 0 Å². The van der Waals surface area contributed by atoms with E-state index < -0.39 is 0 Å². The summed E-state index contributed by atoms with van der Waals surface area (Å²) < 4.78 is 0. The zero-order valence-electron chi connectivity index (χ0n) is 34.8. The predicted molar refractivity (Wildman–Crippen MR) is 277 cm³/mol. The minimum Gasteiger partial charge on any atom is -0.0622 e. The standard InChI is InChI=1S/C64H36/c1-4-17-37(18-5-1)42-27-10-11-28-43(42)44-35-36-51-56-45(44)29-16-34-50(56)61-59-48-32-14-25-38-23-12-30-46(52(38)48)57(59)54(40-19-6-2-7-20-40)63-55(41-21-8-3-9-22-41)58-47-31-13-24-39-26-15-33-49(53(39)47)60(58)62(51)64(61)63/h1-36H. The normalized spacial score (nSPS) is 12.4. The molecule has 0 heteroatoms. The quantitative estimate of drug-likeness (QED) is 0.123. The minimum atomic E-state index is 1.22. The molecule has 64 heavy (non-hydrogen) atoms. The van der Waals surface area contributed by atoms with Crippen LogP contribution < -0.4 is 0 Å². The first-order chi connectivity index (χ1) is 31.8. The van der Waals surface area contributed by atoms with Gasteiger partial charge in [-0.1, -0.05) is 218 Å². The van der Waals surface area contributed by atoms with Crippen LogP contribution in [-0.2, 0) is 0 Å². The maximum Gasteiger partial charge on any atom is -0.0000476 e.